The second-order valence-corrected chi connectivity index (χ2v) is 3.23. The van der Waals surface area contributed by atoms with Crippen molar-refractivity contribution in [2.45, 2.75) is 6.92 Å². The van der Waals surface area contributed by atoms with Gasteiger partial charge in [-0.05, 0) is 13.0 Å². The van der Waals surface area contributed by atoms with E-state index in [1.54, 1.807) is 0 Å². The van der Waals surface area contributed by atoms with Crippen LogP contribution in [0.4, 0.5) is 5.69 Å². The Morgan fingerprint density at radius 1 is 1.53 bits per heavy atom. The fourth-order valence-electron chi connectivity index (χ4n) is 1.12. The Morgan fingerprint density at radius 3 is 2.53 bits per heavy atom. The molecule has 15 heavy (non-hydrogen) atoms. The van der Waals surface area contributed by atoms with Gasteiger partial charge in [0.25, 0.3) is 0 Å². The molecule has 0 aliphatic rings. The van der Waals surface area contributed by atoms with Crippen molar-refractivity contribution in [2.75, 3.05) is 7.11 Å². The molecule has 0 unspecified atom stereocenters. The van der Waals surface area contributed by atoms with Gasteiger partial charge in [0.2, 0.25) is 5.75 Å². The van der Waals surface area contributed by atoms with E-state index in [0.717, 1.165) is 6.07 Å². The average Bonchev–Trinajstić information content (AvgIpc) is 2.16. The molecule has 0 fully saturated rings. The SMILES string of the molecule is COc1c(Cl)cc(C(C)=O)cc1[N+](=O)[O-]. The zero-order valence-corrected chi connectivity index (χ0v) is 8.87. The van der Waals surface area contributed by atoms with Crippen LogP contribution in [0.1, 0.15) is 17.3 Å². The second kappa shape index (κ2) is 4.27. The normalized spacial score (nSPS) is 9.80. The summed E-state index contributed by atoms with van der Waals surface area (Å²) < 4.78 is 4.79. The number of halogens is 1. The minimum atomic E-state index is -0.642. The van der Waals surface area contributed by atoms with Gasteiger partial charge in [-0.2, -0.15) is 0 Å². The highest BCUT2D eigenvalue weighted by Gasteiger charge is 2.20. The molecular weight excluding hydrogens is 222 g/mol. The quantitative estimate of drug-likeness (QED) is 0.454. The number of benzene rings is 1. The van der Waals surface area contributed by atoms with Gasteiger partial charge in [0, 0.05) is 11.6 Å². The summed E-state index contributed by atoms with van der Waals surface area (Å²) in [5.41, 5.74) is -0.122. The Balaban J connectivity index is 3.45. The summed E-state index contributed by atoms with van der Waals surface area (Å²) in [5, 5.41) is 10.7. The van der Waals surface area contributed by atoms with Crippen molar-refractivity contribution in [2.24, 2.45) is 0 Å². The number of hydrogen-bond acceptors (Lipinski definition) is 4. The number of carbonyl (C=O) groups is 1. The number of hydrogen-bond donors (Lipinski definition) is 0. The third-order valence-corrected chi connectivity index (χ3v) is 2.11. The Morgan fingerprint density at radius 2 is 2.13 bits per heavy atom. The van der Waals surface area contributed by atoms with E-state index < -0.39 is 4.92 Å². The van der Waals surface area contributed by atoms with E-state index in [1.807, 2.05) is 0 Å². The summed E-state index contributed by atoms with van der Waals surface area (Å²) in [4.78, 5) is 21.1. The lowest BCUT2D eigenvalue weighted by Crippen LogP contribution is -1.99. The molecule has 0 aliphatic heterocycles. The van der Waals surface area contributed by atoms with Crippen molar-refractivity contribution in [1.29, 1.82) is 0 Å². The number of nitrogens with zero attached hydrogens (tertiary/aromatic N) is 1. The van der Waals surface area contributed by atoms with Crippen molar-refractivity contribution >= 4 is 23.1 Å². The highest BCUT2D eigenvalue weighted by Crippen LogP contribution is 2.35. The van der Waals surface area contributed by atoms with Crippen LogP contribution in [0.3, 0.4) is 0 Å². The Bertz CT molecular complexity index is 430. The Hall–Kier alpha value is -1.62. The topological polar surface area (TPSA) is 69.4 Å². The van der Waals surface area contributed by atoms with Crippen LogP contribution in [0, 0.1) is 10.1 Å². The molecule has 0 heterocycles. The number of ketones is 1. The average molecular weight is 230 g/mol. The fourth-order valence-corrected chi connectivity index (χ4v) is 1.41. The molecule has 5 nitrogen and oxygen atoms in total. The number of methoxy groups -OCH3 is 1. The molecule has 1 aromatic rings. The molecule has 6 heteroatoms. The molecule has 0 amide bonds. The number of nitro groups is 1. The van der Waals surface area contributed by atoms with Crippen LogP contribution in [0.2, 0.25) is 5.02 Å². The first-order valence-electron chi connectivity index (χ1n) is 4.00. The van der Waals surface area contributed by atoms with E-state index in [2.05, 4.69) is 0 Å². The number of carbonyl (C=O) groups excluding carboxylic acids is 1. The van der Waals surface area contributed by atoms with E-state index >= 15 is 0 Å². The van der Waals surface area contributed by atoms with Gasteiger partial charge in [-0.25, -0.2) is 0 Å². The largest absolute Gasteiger partial charge is 0.489 e. The van der Waals surface area contributed by atoms with Crippen LogP contribution in [0.25, 0.3) is 0 Å². The van der Waals surface area contributed by atoms with E-state index in [4.69, 9.17) is 16.3 Å². The minimum Gasteiger partial charge on any atom is -0.489 e. The minimum absolute atomic E-state index is 0.0355. The summed E-state index contributed by atoms with van der Waals surface area (Å²) in [6.45, 7) is 1.31. The molecule has 1 aromatic carbocycles. The molecule has 1 rings (SSSR count). The number of nitro benzene ring substituents is 1. The maximum atomic E-state index is 11.0. The third kappa shape index (κ3) is 2.24. The van der Waals surface area contributed by atoms with Crippen LogP contribution in [-0.4, -0.2) is 17.8 Å². The molecule has 0 saturated carbocycles. The van der Waals surface area contributed by atoms with E-state index in [0.29, 0.717) is 0 Å². The van der Waals surface area contributed by atoms with Gasteiger partial charge in [-0.15, -0.1) is 0 Å². The summed E-state index contributed by atoms with van der Waals surface area (Å²) in [5.74, 6) is -0.325. The highest BCUT2D eigenvalue weighted by molar-refractivity contribution is 6.32. The standard InChI is InChI=1S/C9H8ClNO4/c1-5(12)6-3-7(10)9(15-2)8(4-6)11(13)14/h3-4H,1-2H3. The van der Waals surface area contributed by atoms with Crippen molar-refractivity contribution < 1.29 is 14.5 Å². The van der Waals surface area contributed by atoms with Crippen LogP contribution in [0.15, 0.2) is 12.1 Å². The number of Topliss-reactive ketones (excluding diaryl/α,β-unsaturated/α-hetero) is 1. The van der Waals surface area contributed by atoms with E-state index in [9.17, 15) is 14.9 Å². The summed E-state index contributed by atoms with van der Waals surface area (Å²) >= 11 is 5.74. The van der Waals surface area contributed by atoms with Crippen LogP contribution < -0.4 is 4.74 Å². The molecular formula is C9H8ClNO4. The van der Waals surface area contributed by atoms with Crippen LogP contribution in [0.5, 0.6) is 5.75 Å². The lowest BCUT2D eigenvalue weighted by Gasteiger charge is -2.05. The number of rotatable bonds is 3. The number of ether oxygens (including phenoxy) is 1. The Kier molecular flexibility index (Phi) is 3.26. The van der Waals surface area contributed by atoms with Gasteiger partial charge in [0.05, 0.1) is 17.1 Å². The summed E-state index contributed by atoms with van der Waals surface area (Å²) in [6.07, 6.45) is 0. The smallest absolute Gasteiger partial charge is 0.313 e. The zero-order valence-electron chi connectivity index (χ0n) is 8.11. The van der Waals surface area contributed by atoms with Crippen molar-refractivity contribution in [3.8, 4) is 5.75 Å². The van der Waals surface area contributed by atoms with Gasteiger partial charge in [0.1, 0.15) is 0 Å². The predicted molar refractivity (Wildman–Crippen MR) is 54.7 cm³/mol. The first-order valence-corrected chi connectivity index (χ1v) is 4.38. The molecule has 0 saturated heterocycles. The van der Waals surface area contributed by atoms with Gasteiger partial charge in [0.15, 0.2) is 5.78 Å². The molecule has 80 valence electrons. The predicted octanol–water partition coefficient (Wildman–Crippen LogP) is 2.46. The molecule has 0 radical (unpaired) electrons. The first-order chi connectivity index (χ1) is 6.97. The van der Waals surface area contributed by atoms with Gasteiger partial charge >= 0.3 is 5.69 Å². The molecule has 0 atom stereocenters. The first kappa shape index (κ1) is 11.5. The van der Waals surface area contributed by atoms with E-state index in [-0.39, 0.29) is 27.8 Å². The van der Waals surface area contributed by atoms with Crippen LogP contribution in [-0.2, 0) is 0 Å². The van der Waals surface area contributed by atoms with Crippen molar-refractivity contribution in [1.82, 2.24) is 0 Å². The van der Waals surface area contributed by atoms with Crippen molar-refractivity contribution in [3.63, 3.8) is 0 Å². The van der Waals surface area contributed by atoms with Crippen LogP contribution >= 0.6 is 11.6 Å². The monoisotopic (exact) mass is 229 g/mol. The molecule has 0 spiro atoms. The fraction of sp³-hybridized carbons (Fsp3) is 0.222. The lowest BCUT2D eigenvalue weighted by molar-refractivity contribution is -0.385. The molecule has 0 bridgehead atoms. The summed E-state index contributed by atoms with van der Waals surface area (Å²) in [6, 6.07) is 2.49. The third-order valence-electron chi connectivity index (χ3n) is 1.83. The summed E-state index contributed by atoms with van der Waals surface area (Å²) in [7, 11) is 1.28. The molecule has 0 N–H and O–H groups in total. The lowest BCUT2D eigenvalue weighted by atomic mass is 10.1. The van der Waals surface area contributed by atoms with Crippen molar-refractivity contribution in [3.05, 3.63) is 32.8 Å². The maximum Gasteiger partial charge on any atom is 0.313 e. The van der Waals surface area contributed by atoms with Gasteiger partial charge in [-0.3, -0.25) is 14.9 Å². The maximum absolute atomic E-state index is 11.0. The Labute approximate surface area is 90.8 Å². The highest BCUT2D eigenvalue weighted by atomic mass is 35.5. The van der Waals surface area contributed by atoms with E-state index in [1.165, 1.54) is 20.1 Å². The van der Waals surface area contributed by atoms with Gasteiger partial charge in [-0.1, -0.05) is 11.6 Å². The molecule has 0 aliphatic carbocycles. The van der Waals surface area contributed by atoms with Gasteiger partial charge < -0.3 is 4.74 Å². The molecule has 0 aromatic heterocycles. The zero-order chi connectivity index (χ0) is 11.6. The second-order valence-electron chi connectivity index (χ2n) is 2.82.